The summed E-state index contributed by atoms with van der Waals surface area (Å²) in [7, 11) is -2.58. The fourth-order valence-electron chi connectivity index (χ4n) is 3.14. The number of anilines is 1. The van der Waals surface area contributed by atoms with Crippen LogP contribution in [0.2, 0.25) is 0 Å². The highest BCUT2D eigenvalue weighted by Crippen LogP contribution is 2.28. The molecule has 3 aromatic carbocycles. The fraction of sp³-hybridized carbons (Fsp3) is 0.167. The molecule has 0 aliphatic rings. The topological polar surface area (TPSA) is 108 Å². The maximum atomic E-state index is 13.4. The Morgan fingerprint density at radius 2 is 1.82 bits per heavy atom. The number of hydrogen-bond acceptors (Lipinski definition) is 6. The van der Waals surface area contributed by atoms with E-state index in [1.54, 1.807) is 42.5 Å². The lowest BCUT2D eigenvalue weighted by molar-refractivity contribution is -0.119. The predicted molar refractivity (Wildman–Crippen MR) is 127 cm³/mol. The van der Waals surface area contributed by atoms with E-state index in [9.17, 15) is 18.3 Å². The van der Waals surface area contributed by atoms with E-state index in [0.717, 1.165) is 15.4 Å². The molecule has 0 spiro atoms. The normalized spacial score (nSPS) is 11.4. The number of rotatable bonds is 8. The molecule has 0 unspecified atom stereocenters. The van der Waals surface area contributed by atoms with Crippen molar-refractivity contribution in [2.45, 2.75) is 18.7 Å². The van der Waals surface area contributed by atoms with E-state index in [-0.39, 0.29) is 16.4 Å². The summed E-state index contributed by atoms with van der Waals surface area (Å²) in [6, 6.07) is 17.8. The summed E-state index contributed by atoms with van der Waals surface area (Å²) in [4.78, 5) is 12.8. The number of sulfonamides is 1. The number of carbonyl (C=O) groups excluding carboxylic acids is 1. The summed E-state index contributed by atoms with van der Waals surface area (Å²) in [5.74, 6) is -0.369. The maximum Gasteiger partial charge on any atom is 0.264 e. The first kappa shape index (κ1) is 23.8. The fourth-order valence-corrected chi connectivity index (χ4v) is 4.64. The molecule has 172 valence electrons. The number of benzene rings is 3. The second kappa shape index (κ2) is 10.2. The highest BCUT2D eigenvalue weighted by molar-refractivity contribution is 7.92. The molecule has 0 aliphatic carbocycles. The third-order valence-corrected chi connectivity index (χ3v) is 6.84. The summed E-state index contributed by atoms with van der Waals surface area (Å²) in [5, 5.41) is 13.6. The molecule has 0 saturated heterocycles. The molecule has 0 fully saturated rings. The van der Waals surface area contributed by atoms with E-state index < -0.39 is 22.5 Å². The average Bonchev–Trinajstić information content (AvgIpc) is 2.81. The van der Waals surface area contributed by atoms with Gasteiger partial charge in [-0.3, -0.25) is 9.10 Å². The van der Waals surface area contributed by atoms with Gasteiger partial charge in [-0.15, -0.1) is 0 Å². The zero-order valence-electron chi connectivity index (χ0n) is 18.5. The molecule has 3 rings (SSSR count). The van der Waals surface area contributed by atoms with Crippen LogP contribution in [0.15, 0.2) is 76.7 Å². The third kappa shape index (κ3) is 5.50. The van der Waals surface area contributed by atoms with Gasteiger partial charge < -0.3 is 9.84 Å². The van der Waals surface area contributed by atoms with Crippen molar-refractivity contribution in [3.8, 4) is 11.5 Å². The van der Waals surface area contributed by atoms with E-state index in [0.29, 0.717) is 11.3 Å². The minimum Gasteiger partial charge on any atom is -0.504 e. The standard InChI is InChI=1S/C24H25N3O5S/c1-17-8-7-11-21(18(17)2)27(33(30,31)20-9-5-4-6-10-20)16-24(29)26-25-15-19-12-13-22(28)23(14-19)32-3/h4-15,28H,16H2,1-3H3,(H,26,29). The SMILES string of the molecule is COc1cc(C=NNC(=O)CN(c2cccc(C)c2C)S(=O)(=O)c2ccccc2)ccc1O. The van der Waals surface area contributed by atoms with Crippen molar-refractivity contribution in [3.05, 3.63) is 83.4 Å². The number of aromatic hydroxyl groups is 1. The number of nitrogens with zero attached hydrogens (tertiary/aromatic N) is 2. The first-order chi connectivity index (χ1) is 15.7. The van der Waals surface area contributed by atoms with Gasteiger partial charge in [-0.25, -0.2) is 13.8 Å². The Bertz CT molecular complexity index is 1270. The zero-order chi connectivity index (χ0) is 24.0. The molecule has 2 N–H and O–H groups in total. The van der Waals surface area contributed by atoms with Crippen LogP contribution in [0, 0.1) is 13.8 Å². The Labute approximate surface area is 193 Å². The van der Waals surface area contributed by atoms with Gasteiger partial charge in [0, 0.05) is 0 Å². The van der Waals surface area contributed by atoms with Crippen molar-refractivity contribution in [2.24, 2.45) is 5.10 Å². The molecule has 0 radical (unpaired) electrons. The van der Waals surface area contributed by atoms with E-state index in [1.165, 1.54) is 31.5 Å². The molecule has 0 bridgehead atoms. The van der Waals surface area contributed by atoms with Gasteiger partial charge in [0.2, 0.25) is 0 Å². The van der Waals surface area contributed by atoms with Crippen LogP contribution < -0.4 is 14.5 Å². The van der Waals surface area contributed by atoms with Gasteiger partial charge in [-0.1, -0.05) is 30.3 Å². The van der Waals surface area contributed by atoms with Gasteiger partial charge in [0.15, 0.2) is 11.5 Å². The summed E-state index contributed by atoms with van der Waals surface area (Å²) >= 11 is 0. The molecule has 33 heavy (non-hydrogen) atoms. The molecular formula is C24H25N3O5S. The van der Waals surface area contributed by atoms with Crippen LogP contribution in [0.5, 0.6) is 11.5 Å². The number of hydrazone groups is 1. The predicted octanol–water partition coefficient (Wildman–Crippen LogP) is 3.36. The third-order valence-electron chi connectivity index (χ3n) is 5.07. The summed E-state index contributed by atoms with van der Waals surface area (Å²) in [5.41, 5.74) is 5.01. The van der Waals surface area contributed by atoms with Crippen molar-refractivity contribution in [1.82, 2.24) is 5.43 Å². The van der Waals surface area contributed by atoms with Crippen molar-refractivity contribution in [1.29, 1.82) is 0 Å². The molecule has 0 atom stereocenters. The van der Waals surface area contributed by atoms with Crippen molar-refractivity contribution in [3.63, 3.8) is 0 Å². The van der Waals surface area contributed by atoms with Gasteiger partial charge in [-0.2, -0.15) is 5.10 Å². The van der Waals surface area contributed by atoms with Crippen LogP contribution in [0.25, 0.3) is 0 Å². The van der Waals surface area contributed by atoms with E-state index >= 15 is 0 Å². The number of carbonyl (C=O) groups is 1. The number of nitrogens with one attached hydrogen (secondary N) is 1. The largest absolute Gasteiger partial charge is 0.504 e. The quantitative estimate of drug-likeness (QED) is 0.390. The maximum absolute atomic E-state index is 13.4. The lowest BCUT2D eigenvalue weighted by Gasteiger charge is -2.26. The van der Waals surface area contributed by atoms with Gasteiger partial charge in [0.25, 0.3) is 15.9 Å². The molecule has 0 heterocycles. The number of ether oxygens (including phenoxy) is 1. The van der Waals surface area contributed by atoms with Crippen LogP contribution in [0.1, 0.15) is 16.7 Å². The Kier molecular flexibility index (Phi) is 7.34. The monoisotopic (exact) mass is 467 g/mol. The van der Waals surface area contributed by atoms with Gasteiger partial charge in [-0.05, 0) is 66.9 Å². The van der Waals surface area contributed by atoms with Crippen LogP contribution in [0.3, 0.4) is 0 Å². The molecule has 8 nitrogen and oxygen atoms in total. The van der Waals surface area contributed by atoms with E-state index in [1.807, 2.05) is 19.9 Å². The Hall–Kier alpha value is -3.85. The van der Waals surface area contributed by atoms with Gasteiger partial charge >= 0.3 is 0 Å². The smallest absolute Gasteiger partial charge is 0.264 e. The molecule has 0 aromatic heterocycles. The van der Waals surface area contributed by atoms with Gasteiger partial charge in [0.05, 0.1) is 23.9 Å². The van der Waals surface area contributed by atoms with Gasteiger partial charge in [0.1, 0.15) is 6.54 Å². The molecule has 0 aliphatic heterocycles. The molecular weight excluding hydrogens is 442 g/mol. The lowest BCUT2D eigenvalue weighted by Crippen LogP contribution is -2.40. The summed E-state index contributed by atoms with van der Waals surface area (Å²) in [6.07, 6.45) is 1.37. The van der Waals surface area contributed by atoms with E-state index in [2.05, 4.69) is 10.5 Å². The van der Waals surface area contributed by atoms with Crippen LogP contribution in [0.4, 0.5) is 5.69 Å². The Balaban J connectivity index is 1.86. The first-order valence-electron chi connectivity index (χ1n) is 10.1. The van der Waals surface area contributed by atoms with Crippen molar-refractivity contribution < 1.29 is 23.1 Å². The summed E-state index contributed by atoms with van der Waals surface area (Å²) < 4.78 is 32.9. The Morgan fingerprint density at radius 3 is 2.52 bits per heavy atom. The van der Waals surface area contributed by atoms with Crippen LogP contribution in [-0.2, 0) is 14.8 Å². The minimum atomic E-state index is -4.00. The molecule has 0 saturated carbocycles. The Morgan fingerprint density at radius 1 is 1.09 bits per heavy atom. The number of aryl methyl sites for hydroxylation is 1. The first-order valence-corrected chi connectivity index (χ1v) is 11.5. The molecule has 1 amide bonds. The van der Waals surface area contributed by atoms with E-state index in [4.69, 9.17) is 4.74 Å². The number of phenolic OH excluding ortho intramolecular Hbond substituents is 1. The second-order valence-corrected chi connectivity index (χ2v) is 9.13. The lowest BCUT2D eigenvalue weighted by atomic mass is 10.1. The summed E-state index contributed by atoms with van der Waals surface area (Å²) in [6.45, 7) is 3.23. The molecule has 3 aromatic rings. The van der Waals surface area contributed by atoms with Crippen molar-refractivity contribution >= 4 is 27.8 Å². The number of hydrogen-bond donors (Lipinski definition) is 2. The number of phenols is 1. The number of amides is 1. The van der Waals surface area contributed by atoms with Crippen molar-refractivity contribution in [2.75, 3.05) is 18.0 Å². The molecule has 9 heteroatoms. The zero-order valence-corrected chi connectivity index (χ0v) is 19.3. The minimum absolute atomic E-state index is 0.0195. The van der Waals surface area contributed by atoms with Crippen LogP contribution >= 0.6 is 0 Å². The second-order valence-electron chi connectivity index (χ2n) is 7.27. The highest BCUT2D eigenvalue weighted by atomic mass is 32.2. The van der Waals surface area contributed by atoms with Crippen LogP contribution in [-0.4, -0.2) is 39.3 Å². The highest BCUT2D eigenvalue weighted by Gasteiger charge is 2.28. The number of methoxy groups -OCH3 is 1. The average molecular weight is 468 g/mol.